The van der Waals surface area contributed by atoms with Gasteiger partial charge in [0.05, 0.1) is 28.4 Å². The summed E-state index contributed by atoms with van der Waals surface area (Å²) in [5.41, 5.74) is 2.30. The van der Waals surface area contributed by atoms with Gasteiger partial charge in [0, 0.05) is 37.1 Å². The molecule has 0 fully saturated rings. The molecular formula is C34H34NaO10P. The predicted octanol–water partition coefficient (Wildman–Crippen LogP) is 3.28. The monoisotopic (exact) mass is 656 g/mol. The van der Waals surface area contributed by atoms with Crippen molar-refractivity contribution in [2.24, 2.45) is 0 Å². The number of methoxy groups -OCH3 is 4. The molecule has 0 saturated heterocycles. The van der Waals surface area contributed by atoms with Crippen molar-refractivity contribution in [2.45, 2.75) is 25.7 Å². The van der Waals surface area contributed by atoms with Crippen LogP contribution in [0.1, 0.15) is 44.7 Å². The van der Waals surface area contributed by atoms with Crippen LogP contribution in [0.2, 0.25) is 0 Å². The molecule has 46 heavy (non-hydrogen) atoms. The van der Waals surface area contributed by atoms with E-state index in [1.165, 1.54) is 52.7 Å². The van der Waals surface area contributed by atoms with Gasteiger partial charge in [-0.05, 0) is 24.0 Å². The second-order valence-corrected chi connectivity index (χ2v) is 11.1. The fraction of sp³-hybridized carbons (Fsp3) is 0.235. The number of phosphoric acid groups is 1. The van der Waals surface area contributed by atoms with Crippen molar-refractivity contribution in [3.63, 3.8) is 0 Å². The van der Waals surface area contributed by atoms with Gasteiger partial charge >= 0.3 is 37.4 Å². The summed E-state index contributed by atoms with van der Waals surface area (Å²) in [4.78, 5) is 39.3. The molecule has 4 rings (SSSR count). The zero-order valence-electron chi connectivity index (χ0n) is 26.4. The minimum atomic E-state index is -5.08. The summed E-state index contributed by atoms with van der Waals surface area (Å²) in [5, 5.41) is 0. The number of aryl methyl sites for hydroxylation is 2. The second kappa shape index (κ2) is 17.2. The zero-order valence-corrected chi connectivity index (χ0v) is 29.3. The molecule has 4 aromatic carbocycles. The van der Waals surface area contributed by atoms with Crippen molar-refractivity contribution in [2.75, 3.05) is 28.4 Å². The van der Waals surface area contributed by atoms with Crippen LogP contribution < -0.4 is 62.4 Å². The van der Waals surface area contributed by atoms with Gasteiger partial charge < -0.3 is 32.9 Å². The number of hydrogen-bond donors (Lipinski definition) is 0. The Morgan fingerprint density at radius 2 is 0.891 bits per heavy atom. The first-order valence-electron chi connectivity index (χ1n) is 14.0. The average molecular weight is 657 g/mol. The number of phosphoric ester groups is 1. The van der Waals surface area contributed by atoms with E-state index >= 15 is 0 Å². The molecule has 0 unspecified atom stereocenters. The molecule has 12 heteroatoms. The minimum Gasteiger partial charge on any atom is -0.736 e. The van der Waals surface area contributed by atoms with Crippen LogP contribution in [-0.4, -0.2) is 40.0 Å². The SMILES string of the molecule is COc1cc(OP(=O)([O-])Oc2cc(OC)c(C(=O)CCc3ccccc3)c(OC)c2)cc(OC)c1C(=O)CCc1ccccc1.[Na+]. The molecule has 0 saturated carbocycles. The van der Waals surface area contributed by atoms with Gasteiger partial charge in [0.2, 0.25) is 0 Å². The van der Waals surface area contributed by atoms with E-state index in [1.807, 2.05) is 60.7 Å². The third-order valence-electron chi connectivity index (χ3n) is 6.92. The van der Waals surface area contributed by atoms with E-state index in [9.17, 15) is 19.0 Å². The van der Waals surface area contributed by atoms with E-state index in [2.05, 4.69) is 0 Å². The van der Waals surface area contributed by atoms with Crippen LogP contribution in [0.5, 0.6) is 34.5 Å². The Balaban J connectivity index is 0.00000576. The number of hydrogen-bond acceptors (Lipinski definition) is 10. The normalized spacial score (nSPS) is 10.7. The molecule has 0 amide bonds. The largest absolute Gasteiger partial charge is 1.00 e. The molecule has 0 aliphatic heterocycles. The molecule has 0 bridgehead atoms. The van der Waals surface area contributed by atoms with Crippen LogP contribution >= 0.6 is 7.82 Å². The van der Waals surface area contributed by atoms with Crippen LogP contribution in [0.15, 0.2) is 84.9 Å². The van der Waals surface area contributed by atoms with Crippen LogP contribution in [0.4, 0.5) is 0 Å². The van der Waals surface area contributed by atoms with Crippen molar-refractivity contribution in [3.8, 4) is 34.5 Å². The third kappa shape index (κ3) is 9.61. The van der Waals surface area contributed by atoms with Gasteiger partial charge in [-0.15, -0.1) is 0 Å². The first kappa shape index (κ1) is 36.7. The van der Waals surface area contributed by atoms with Gasteiger partial charge in [-0.25, -0.2) is 4.57 Å². The minimum absolute atomic E-state index is 0. The number of ketones is 2. The van der Waals surface area contributed by atoms with E-state index < -0.39 is 7.82 Å². The molecule has 10 nitrogen and oxygen atoms in total. The van der Waals surface area contributed by atoms with Crippen molar-refractivity contribution < 1.29 is 76.6 Å². The molecule has 0 radical (unpaired) electrons. The van der Waals surface area contributed by atoms with Crippen molar-refractivity contribution >= 4 is 19.4 Å². The quantitative estimate of drug-likeness (QED) is 0.101. The summed E-state index contributed by atoms with van der Waals surface area (Å²) in [6.07, 6.45) is 1.35. The molecule has 0 heterocycles. The molecule has 0 aliphatic carbocycles. The molecule has 236 valence electrons. The van der Waals surface area contributed by atoms with Gasteiger partial charge in [-0.2, -0.15) is 0 Å². The Morgan fingerprint density at radius 1 is 0.587 bits per heavy atom. The van der Waals surface area contributed by atoms with E-state index in [-0.39, 0.29) is 99.6 Å². The second-order valence-electron chi connectivity index (χ2n) is 9.85. The van der Waals surface area contributed by atoms with Crippen LogP contribution in [-0.2, 0) is 17.4 Å². The Bertz CT molecular complexity index is 1510. The van der Waals surface area contributed by atoms with Crippen molar-refractivity contribution in [1.82, 2.24) is 0 Å². The molecule has 0 N–H and O–H groups in total. The smallest absolute Gasteiger partial charge is 0.736 e. The Labute approximate surface area is 290 Å². The Kier molecular flexibility index (Phi) is 13.7. The number of rotatable bonds is 16. The summed E-state index contributed by atoms with van der Waals surface area (Å²) in [6, 6.07) is 24.1. The van der Waals surface area contributed by atoms with Crippen molar-refractivity contribution in [3.05, 3.63) is 107 Å². The Morgan fingerprint density at radius 3 is 1.17 bits per heavy atom. The number of carbonyl (C=O) groups excluding carboxylic acids is 2. The summed E-state index contributed by atoms with van der Waals surface area (Å²) in [5.74, 6) is -0.612. The maximum atomic E-state index is 13.1. The molecule has 4 aromatic rings. The predicted molar refractivity (Wildman–Crippen MR) is 166 cm³/mol. The van der Waals surface area contributed by atoms with E-state index in [0.29, 0.717) is 12.8 Å². The first-order chi connectivity index (χ1) is 21.7. The Hall–Kier alpha value is -3.79. The average Bonchev–Trinajstić information content (AvgIpc) is 3.05. The standard InChI is InChI=1S/C34H35O10P.Na/c1-39-29-19-25(20-30(40-2)33(29)27(35)17-15-23-11-7-5-8-12-23)43-45(37,38)44-26-21-31(41-3)34(32(22-26)42-4)28(36)18-16-24-13-9-6-10-14-24;/h5-14,19-22H,15-18H2,1-4H3,(H,37,38);/q;+1/p-1. The van der Waals surface area contributed by atoms with Gasteiger partial charge in [-0.3, -0.25) is 9.59 Å². The number of carbonyl (C=O) groups is 2. The van der Waals surface area contributed by atoms with Crippen LogP contribution in [0.25, 0.3) is 0 Å². The van der Waals surface area contributed by atoms with E-state index in [4.69, 9.17) is 28.0 Å². The maximum Gasteiger partial charge on any atom is 1.00 e. The fourth-order valence-electron chi connectivity index (χ4n) is 4.76. The van der Waals surface area contributed by atoms with Gasteiger partial charge in [0.15, 0.2) is 11.6 Å². The number of benzene rings is 4. The van der Waals surface area contributed by atoms with Gasteiger partial charge in [0.25, 0.3) is 0 Å². The summed E-state index contributed by atoms with van der Waals surface area (Å²) in [7, 11) is 0.310. The summed E-state index contributed by atoms with van der Waals surface area (Å²) < 4.78 is 45.1. The summed E-state index contributed by atoms with van der Waals surface area (Å²) in [6.45, 7) is 0. The number of Topliss-reactive ketones (excluding diaryl/α,β-unsaturated/α-hetero) is 2. The molecule has 0 aliphatic rings. The number of ether oxygens (including phenoxy) is 4. The van der Waals surface area contributed by atoms with E-state index in [1.54, 1.807) is 0 Å². The molecule has 0 spiro atoms. The molecular weight excluding hydrogens is 622 g/mol. The van der Waals surface area contributed by atoms with Crippen LogP contribution in [0, 0.1) is 0 Å². The van der Waals surface area contributed by atoms with Crippen molar-refractivity contribution in [1.29, 1.82) is 0 Å². The van der Waals surface area contributed by atoms with Crippen LogP contribution in [0.3, 0.4) is 0 Å². The molecule has 0 aromatic heterocycles. The van der Waals surface area contributed by atoms with Gasteiger partial charge in [0.1, 0.15) is 45.6 Å². The first-order valence-corrected chi connectivity index (χ1v) is 15.5. The van der Waals surface area contributed by atoms with E-state index in [0.717, 1.165) is 11.1 Å². The third-order valence-corrected chi connectivity index (χ3v) is 7.79. The van der Waals surface area contributed by atoms with Gasteiger partial charge in [-0.1, -0.05) is 60.7 Å². The topological polar surface area (TPSA) is 130 Å². The molecule has 0 atom stereocenters. The summed E-state index contributed by atoms with van der Waals surface area (Å²) >= 11 is 0. The zero-order chi connectivity index (χ0) is 32.4. The fourth-order valence-corrected chi connectivity index (χ4v) is 5.53. The maximum absolute atomic E-state index is 13.1.